The molecule has 2 rings (SSSR count). The maximum absolute atomic E-state index is 12.6. The number of nitrogens with one attached hydrogen (secondary N) is 1. The first-order valence-corrected chi connectivity index (χ1v) is 8.57. The third-order valence-electron chi connectivity index (χ3n) is 3.89. The normalized spacial score (nSPS) is 18.1. The SMILES string of the molecule is Cc1ccc(C)c(S(=O)(=O)NC2(C(N)=S)CCCC2)c1. The lowest BCUT2D eigenvalue weighted by Gasteiger charge is -2.29. The largest absolute Gasteiger partial charge is 0.392 e. The van der Waals surface area contributed by atoms with Gasteiger partial charge in [0.15, 0.2) is 0 Å². The maximum atomic E-state index is 12.6. The molecular weight excluding hydrogens is 292 g/mol. The van der Waals surface area contributed by atoms with Crippen LogP contribution in [0.4, 0.5) is 0 Å². The third kappa shape index (κ3) is 2.87. The van der Waals surface area contributed by atoms with Crippen LogP contribution >= 0.6 is 12.2 Å². The quantitative estimate of drug-likeness (QED) is 0.836. The molecule has 0 bridgehead atoms. The van der Waals surface area contributed by atoms with Gasteiger partial charge in [-0.15, -0.1) is 0 Å². The molecule has 0 atom stereocenters. The molecule has 1 aromatic carbocycles. The van der Waals surface area contributed by atoms with Gasteiger partial charge >= 0.3 is 0 Å². The number of sulfonamides is 1. The predicted octanol–water partition coefficient (Wildman–Crippen LogP) is 2.18. The second-order valence-corrected chi connectivity index (χ2v) is 7.62. The molecule has 0 aromatic heterocycles. The summed E-state index contributed by atoms with van der Waals surface area (Å²) in [5, 5.41) is 0. The van der Waals surface area contributed by atoms with Crippen molar-refractivity contribution in [3.63, 3.8) is 0 Å². The summed E-state index contributed by atoms with van der Waals surface area (Å²) >= 11 is 5.09. The average molecular weight is 312 g/mol. The number of hydrogen-bond acceptors (Lipinski definition) is 3. The van der Waals surface area contributed by atoms with E-state index in [0.29, 0.717) is 17.7 Å². The lowest BCUT2D eigenvalue weighted by molar-refractivity contribution is 0.502. The minimum Gasteiger partial charge on any atom is -0.392 e. The van der Waals surface area contributed by atoms with Gasteiger partial charge in [-0.1, -0.05) is 37.2 Å². The fourth-order valence-electron chi connectivity index (χ4n) is 2.69. The summed E-state index contributed by atoms with van der Waals surface area (Å²) in [6.07, 6.45) is 3.22. The monoisotopic (exact) mass is 312 g/mol. The molecular formula is C14H20N2O2S2. The molecule has 0 heterocycles. The number of benzene rings is 1. The Hall–Kier alpha value is -0.980. The molecule has 6 heteroatoms. The molecule has 1 aromatic rings. The zero-order chi connectivity index (χ0) is 15.0. The first-order valence-electron chi connectivity index (χ1n) is 6.68. The Morgan fingerprint density at radius 1 is 1.30 bits per heavy atom. The number of thiocarbonyl (C=S) groups is 1. The van der Waals surface area contributed by atoms with Gasteiger partial charge in [-0.25, -0.2) is 8.42 Å². The van der Waals surface area contributed by atoms with Crippen LogP contribution < -0.4 is 10.5 Å². The van der Waals surface area contributed by atoms with Gasteiger partial charge in [0.2, 0.25) is 10.0 Å². The van der Waals surface area contributed by atoms with Crippen LogP contribution in [0.25, 0.3) is 0 Å². The van der Waals surface area contributed by atoms with Crippen molar-refractivity contribution in [2.24, 2.45) is 5.73 Å². The smallest absolute Gasteiger partial charge is 0.241 e. The molecule has 1 aliphatic carbocycles. The fraction of sp³-hybridized carbons (Fsp3) is 0.500. The third-order valence-corrected chi connectivity index (χ3v) is 5.96. The van der Waals surface area contributed by atoms with Crippen LogP contribution in [0.15, 0.2) is 23.1 Å². The lowest BCUT2D eigenvalue weighted by Crippen LogP contribution is -2.54. The summed E-state index contributed by atoms with van der Waals surface area (Å²) in [6, 6.07) is 5.39. The highest BCUT2D eigenvalue weighted by molar-refractivity contribution is 7.89. The molecule has 4 nitrogen and oxygen atoms in total. The van der Waals surface area contributed by atoms with Crippen molar-refractivity contribution in [2.75, 3.05) is 0 Å². The van der Waals surface area contributed by atoms with Gasteiger partial charge in [-0.2, -0.15) is 4.72 Å². The Bertz CT molecular complexity index is 633. The van der Waals surface area contributed by atoms with Crippen molar-refractivity contribution >= 4 is 27.2 Å². The number of hydrogen-bond donors (Lipinski definition) is 2. The van der Waals surface area contributed by atoms with Crippen molar-refractivity contribution in [1.29, 1.82) is 0 Å². The Morgan fingerprint density at radius 3 is 2.45 bits per heavy atom. The molecule has 1 aliphatic rings. The van der Waals surface area contributed by atoms with Gasteiger partial charge < -0.3 is 5.73 Å². The standard InChI is InChI=1S/C14H20N2O2S2/c1-10-5-6-11(2)12(9-10)20(17,18)16-14(13(15)19)7-3-4-8-14/h5-6,9,16H,3-4,7-8H2,1-2H3,(H2,15,19). The zero-order valence-corrected chi connectivity index (χ0v) is 13.4. The van der Waals surface area contributed by atoms with Crippen LogP contribution in [0.3, 0.4) is 0 Å². The number of nitrogens with two attached hydrogens (primary N) is 1. The second kappa shape index (κ2) is 5.42. The molecule has 1 fully saturated rings. The number of aryl methyl sites for hydroxylation is 2. The highest BCUT2D eigenvalue weighted by atomic mass is 32.2. The Morgan fingerprint density at radius 2 is 1.90 bits per heavy atom. The topological polar surface area (TPSA) is 72.2 Å². The van der Waals surface area contributed by atoms with Gasteiger partial charge in [0, 0.05) is 0 Å². The molecule has 3 N–H and O–H groups in total. The van der Waals surface area contributed by atoms with Crippen molar-refractivity contribution in [1.82, 2.24) is 4.72 Å². The molecule has 20 heavy (non-hydrogen) atoms. The van der Waals surface area contributed by atoms with E-state index >= 15 is 0 Å². The number of rotatable bonds is 4. The molecule has 0 spiro atoms. The van der Waals surface area contributed by atoms with Crippen molar-refractivity contribution < 1.29 is 8.42 Å². The van der Waals surface area contributed by atoms with Gasteiger partial charge in [-0.3, -0.25) is 0 Å². The summed E-state index contributed by atoms with van der Waals surface area (Å²) in [6.45, 7) is 3.66. The van der Waals surface area contributed by atoms with E-state index < -0.39 is 15.6 Å². The van der Waals surface area contributed by atoms with Crippen LogP contribution in [-0.2, 0) is 10.0 Å². The van der Waals surface area contributed by atoms with Crippen molar-refractivity contribution in [3.8, 4) is 0 Å². The Kier molecular flexibility index (Phi) is 4.18. The van der Waals surface area contributed by atoms with E-state index in [1.54, 1.807) is 13.0 Å². The van der Waals surface area contributed by atoms with E-state index in [-0.39, 0.29) is 4.99 Å². The van der Waals surface area contributed by atoms with E-state index in [9.17, 15) is 8.42 Å². The van der Waals surface area contributed by atoms with E-state index in [2.05, 4.69) is 4.72 Å². The molecule has 0 unspecified atom stereocenters. The van der Waals surface area contributed by atoms with E-state index in [1.807, 2.05) is 19.1 Å². The molecule has 0 saturated heterocycles. The van der Waals surface area contributed by atoms with Crippen LogP contribution in [0.5, 0.6) is 0 Å². The Balaban J connectivity index is 2.40. The highest BCUT2D eigenvalue weighted by Crippen LogP contribution is 2.32. The van der Waals surface area contributed by atoms with Gasteiger partial charge in [0.05, 0.1) is 15.4 Å². The summed E-state index contributed by atoms with van der Waals surface area (Å²) in [5.41, 5.74) is 6.66. The van der Waals surface area contributed by atoms with E-state index in [1.165, 1.54) is 0 Å². The lowest BCUT2D eigenvalue weighted by atomic mass is 10.00. The summed E-state index contributed by atoms with van der Waals surface area (Å²) in [4.78, 5) is 0.545. The molecule has 0 amide bonds. The second-order valence-electron chi connectivity index (χ2n) is 5.53. The predicted molar refractivity (Wildman–Crippen MR) is 84.2 cm³/mol. The van der Waals surface area contributed by atoms with Crippen molar-refractivity contribution in [2.45, 2.75) is 50.0 Å². The van der Waals surface area contributed by atoms with Crippen molar-refractivity contribution in [3.05, 3.63) is 29.3 Å². The zero-order valence-electron chi connectivity index (χ0n) is 11.8. The summed E-state index contributed by atoms with van der Waals surface area (Å²) in [5.74, 6) is 0. The molecule has 1 saturated carbocycles. The van der Waals surface area contributed by atoms with Crippen LogP contribution in [0.2, 0.25) is 0 Å². The maximum Gasteiger partial charge on any atom is 0.241 e. The highest BCUT2D eigenvalue weighted by Gasteiger charge is 2.40. The van der Waals surface area contributed by atoms with E-state index in [4.69, 9.17) is 18.0 Å². The van der Waals surface area contributed by atoms with Gasteiger partial charge in [0.1, 0.15) is 0 Å². The van der Waals surface area contributed by atoms with Crippen LogP contribution in [-0.4, -0.2) is 18.9 Å². The van der Waals surface area contributed by atoms with Gasteiger partial charge in [0.25, 0.3) is 0 Å². The summed E-state index contributed by atoms with van der Waals surface area (Å²) in [7, 11) is -3.62. The van der Waals surface area contributed by atoms with E-state index in [0.717, 1.165) is 24.0 Å². The van der Waals surface area contributed by atoms with Crippen LogP contribution in [0.1, 0.15) is 36.8 Å². The minimum absolute atomic E-state index is 0.240. The first kappa shape index (κ1) is 15.4. The van der Waals surface area contributed by atoms with Gasteiger partial charge in [-0.05, 0) is 43.9 Å². The van der Waals surface area contributed by atoms with Crippen LogP contribution in [0, 0.1) is 13.8 Å². The average Bonchev–Trinajstić information content (AvgIpc) is 2.81. The molecule has 0 radical (unpaired) electrons. The first-order chi connectivity index (χ1) is 9.27. The summed E-state index contributed by atoms with van der Waals surface area (Å²) < 4.78 is 28.0. The molecule has 0 aliphatic heterocycles. The molecule has 110 valence electrons. The minimum atomic E-state index is -3.62. The Labute approximate surface area is 125 Å². The fourth-order valence-corrected chi connectivity index (χ4v) is 4.78.